The van der Waals surface area contributed by atoms with Gasteiger partial charge in [-0.05, 0) is 34.5 Å². The standard InChI is InChI=1S/C12H12BrFN2O2S/c13-11-9(8-15)2-3-10(12(11)14)16-4-1-6-19(17,18)7-5-16/h2-3H,1,4-7H2. The molecule has 19 heavy (non-hydrogen) atoms. The molecule has 0 amide bonds. The molecule has 1 aliphatic heterocycles. The van der Waals surface area contributed by atoms with Crippen molar-refractivity contribution in [2.24, 2.45) is 0 Å². The topological polar surface area (TPSA) is 61.2 Å². The molecule has 4 nitrogen and oxygen atoms in total. The number of sulfone groups is 1. The van der Waals surface area contributed by atoms with E-state index in [2.05, 4.69) is 15.9 Å². The highest BCUT2D eigenvalue weighted by molar-refractivity contribution is 9.10. The average Bonchev–Trinajstić information content (AvgIpc) is 2.54. The number of nitriles is 1. The first kappa shape index (κ1) is 14.3. The lowest BCUT2D eigenvalue weighted by Gasteiger charge is -2.23. The predicted octanol–water partition coefficient (Wildman–Crippen LogP) is 2.08. The van der Waals surface area contributed by atoms with Crippen LogP contribution in [0.15, 0.2) is 16.6 Å². The molecule has 0 aromatic heterocycles. The maximum Gasteiger partial charge on any atom is 0.161 e. The number of anilines is 1. The lowest BCUT2D eigenvalue weighted by atomic mass is 10.2. The molecule has 1 aromatic carbocycles. The van der Waals surface area contributed by atoms with Gasteiger partial charge < -0.3 is 4.90 Å². The highest BCUT2D eigenvalue weighted by Crippen LogP contribution is 2.29. The number of rotatable bonds is 1. The molecule has 1 aromatic rings. The van der Waals surface area contributed by atoms with Gasteiger partial charge in [0.25, 0.3) is 0 Å². The third-order valence-electron chi connectivity index (χ3n) is 3.08. The number of nitrogens with zero attached hydrogens (tertiary/aromatic N) is 2. The van der Waals surface area contributed by atoms with E-state index in [1.807, 2.05) is 6.07 Å². The zero-order chi connectivity index (χ0) is 14.0. The van der Waals surface area contributed by atoms with Crippen LogP contribution in [0.2, 0.25) is 0 Å². The first-order valence-corrected chi connectivity index (χ1v) is 8.39. The molecule has 0 unspecified atom stereocenters. The van der Waals surface area contributed by atoms with E-state index in [0.29, 0.717) is 18.7 Å². The van der Waals surface area contributed by atoms with Crippen molar-refractivity contribution in [3.05, 3.63) is 28.0 Å². The number of hydrogen-bond donors (Lipinski definition) is 0. The van der Waals surface area contributed by atoms with Crippen molar-refractivity contribution in [2.75, 3.05) is 29.5 Å². The Balaban J connectivity index is 2.33. The van der Waals surface area contributed by atoms with E-state index < -0.39 is 15.7 Å². The monoisotopic (exact) mass is 346 g/mol. The van der Waals surface area contributed by atoms with E-state index in [9.17, 15) is 12.8 Å². The van der Waals surface area contributed by atoms with Gasteiger partial charge in [0.1, 0.15) is 6.07 Å². The second kappa shape index (κ2) is 5.47. The Hall–Kier alpha value is -1.13. The SMILES string of the molecule is N#Cc1ccc(N2CCCS(=O)(=O)CC2)c(F)c1Br. The Labute approximate surface area is 119 Å². The molecule has 0 bridgehead atoms. The van der Waals surface area contributed by atoms with Gasteiger partial charge in [-0.1, -0.05) is 0 Å². The van der Waals surface area contributed by atoms with Crippen LogP contribution in [0, 0.1) is 17.1 Å². The predicted molar refractivity (Wildman–Crippen MR) is 74.3 cm³/mol. The molecule has 0 aliphatic carbocycles. The third-order valence-corrected chi connectivity index (χ3v) is 5.57. The molecule has 1 fully saturated rings. The van der Waals surface area contributed by atoms with E-state index in [1.165, 1.54) is 12.1 Å². The number of halogens is 2. The van der Waals surface area contributed by atoms with Crippen LogP contribution in [-0.2, 0) is 9.84 Å². The van der Waals surface area contributed by atoms with Gasteiger partial charge in [-0.3, -0.25) is 0 Å². The molecular formula is C12H12BrFN2O2S. The molecule has 0 spiro atoms. The van der Waals surface area contributed by atoms with Crippen LogP contribution in [0.1, 0.15) is 12.0 Å². The summed E-state index contributed by atoms with van der Waals surface area (Å²) < 4.78 is 37.3. The Bertz CT molecular complexity index is 640. The maximum absolute atomic E-state index is 14.2. The van der Waals surface area contributed by atoms with E-state index >= 15 is 0 Å². The molecule has 1 aliphatic rings. The van der Waals surface area contributed by atoms with Crippen molar-refractivity contribution < 1.29 is 12.8 Å². The van der Waals surface area contributed by atoms with Crippen molar-refractivity contribution in [3.8, 4) is 6.07 Å². The zero-order valence-electron chi connectivity index (χ0n) is 10.1. The van der Waals surface area contributed by atoms with Gasteiger partial charge in [-0.2, -0.15) is 5.26 Å². The summed E-state index contributed by atoms with van der Waals surface area (Å²) in [6.45, 7) is 0.770. The second-order valence-electron chi connectivity index (χ2n) is 4.36. The van der Waals surface area contributed by atoms with Gasteiger partial charge in [-0.25, -0.2) is 12.8 Å². The Kier molecular flexibility index (Phi) is 4.11. The summed E-state index contributed by atoms with van der Waals surface area (Å²) in [6, 6.07) is 4.94. The summed E-state index contributed by atoms with van der Waals surface area (Å²) in [6.07, 6.45) is 0.486. The van der Waals surface area contributed by atoms with Crippen LogP contribution in [0.25, 0.3) is 0 Å². The molecule has 7 heteroatoms. The molecular weight excluding hydrogens is 335 g/mol. The van der Waals surface area contributed by atoms with E-state index in [-0.39, 0.29) is 28.1 Å². The lowest BCUT2D eigenvalue weighted by Crippen LogP contribution is -2.27. The van der Waals surface area contributed by atoms with Gasteiger partial charge in [0, 0.05) is 13.1 Å². The van der Waals surface area contributed by atoms with Crippen molar-refractivity contribution in [3.63, 3.8) is 0 Å². The number of hydrogen-bond acceptors (Lipinski definition) is 4. The Morgan fingerprint density at radius 2 is 2.05 bits per heavy atom. The normalized spacial score (nSPS) is 18.7. The fourth-order valence-corrected chi connectivity index (χ4v) is 3.74. The zero-order valence-corrected chi connectivity index (χ0v) is 12.5. The molecule has 0 N–H and O–H groups in total. The lowest BCUT2D eigenvalue weighted by molar-refractivity contribution is 0.596. The summed E-state index contributed by atoms with van der Waals surface area (Å²) in [5, 5.41) is 8.82. The highest BCUT2D eigenvalue weighted by Gasteiger charge is 2.22. The highest BCUT2D eigenvalue weighted by atomic mass is 79.9. The fraction of sp³-hybridized carbons (Fsp3) is 0.417. The molecule has 0 atom stereocenters. The molecule has 1 heterocycles. The van der Waals surface area contributed by atoms with Crippen molar-refractivity contribution >= 4 is 31.5 Å². The van der Waals surface area contributed by atoms with Gasteiger partial charge in [-0.15, -0.1) is 0 Å². The summed E-state index contributed by atoms with van der Waals surface area (Å²) >= 11 is 3.06. The minimum Gasteiger partial charge on any atom is -0.368 e. The van der Waals surface area contributed by atoms with Gasteiger partial charge >= 0.3 is 0 Å². The van der Waals surface area contributed by atoms with Crippen molar-refractivity contribution in [1.82, 2.24) is 0 Å². The molecule has 2 rings (SSSR count). The maximum atomic E-state index is 14.2. The second-order valence-corrected chi connectivity index (χ2v) is 7.46. The summed E-state index contributed by atoms with van der Waals surface area (Å²) in [5.74, 6) is -0.342. The van der Waals surface area contributed by atoms with Crippen LogP contribution < -0.4 is 4.90 Å². The van der Waals surface area contributed by atoms with E-state index in [0.717, 1.165) is 0 Å². The van der Waals surface area contributed by atoms with Gasteiger partial charge in [0.15, 0.2) is 15.7 Å². The quantitative estimate of drug-likeness (QED) is 0.781. The largest absolute Gasteiger partial charge is 0.368 e. The molecule has 0 saturated carbocycles. The molecule has 102 valence electrons. The van der Waals surface area contributed by atoms with Crippen molar-refractivity contribution in [2.45, 2.75) is 6.42 Å². The smallest absolute Gasteiger partial charge is 0.161 e. The minimum atomic E-state index is -3.02. The first-order valence-electron chi connectivity index (χ1n) is 5.78. The van der Waals surface area contributed by atoms with Crippen LogP contribution in [0.4, 0.5) is 10.1 Å². The Morgan fingerprint density at radius 1 is 1.32 bits per heavy atom. The van der Waals surface area contributed by atoms with Crippen LogP contribution in [0.3, 0.4) is 0 Å². The molecule has 0 radical (unpaired) electrons. The fourth-order valence-electron chi connectivity index (χ4n) is 2.05. The average molecular weight is 347 g/mol. The Morgan fingerprint density at radius 3 is 2.74 bits per heavy atom. The summed E-state index contributed by atoms with van der Waals surface area (Å²) in [5.41, 5.74) is 0.562. The third kappa shape index (κ3) is 3.07. The minimum absolute atomic E-state index is 0.0318. The first-order chi connectivity index (χ1) is 8.94. The number of benzene rings is 1. The molecule has 1 saturated heterocycles. The van der Waals surface area contributed by atoms with Crippen LogP contribution >= 0.6 is 15.9 Å². The summed E-state index contributed by atoms with van der Waals surface area (Å²) in [4.78, 5) is 1.71. The summed E-state index contributed by atoms with van der Waals surface area (Å²) in [7, 11) is -3.02. The van der Waals surface area contributed by atoms with Crippen LogP contribution in [0.5, 0.6) is 0 Å². The van der Waals surface area contributed by atoms with Gasteiger partial charge in [0.05, 0.1) is 27.2 Å². The van der Waals surface area contributed by atoms with Gasteiger partial charge in [0.2, 0.25) is 0 Å². The van der Waals surface area contributed by atoms with E-state index in [1.54, 1.807) is 4.90 Å². The van der Waals surface area contributed by atoms with E-state index in [4.69, 9.17) is 5.26 Å². The van der Waals surface area contributed by atoms with Crippen molar-refractivity contribution in [1.29, 1.82) is 5.26 Å². The van der Waals surface area contributed by atoms with Crippen LogP contribution in [-0.4, -0.2) is 33.0 Å².